The first kappa shape index (κ1) is 40.9. The standard InChI is InChI=1S/C43H51N9O7/c1-24(2)36(49-42(55)58-5)40(53)51-17-7-9-34(51)39-46-23-33(48-39)30-15-16-31(44-21-30)28-13-11-27-20-29(14-12-26(27)19-28)32-22-45-38(47-32)35-10-8-18-52(35)41(54)37(25(3)57-4)50-43(56)59-6/h11-16,19-25,34-37H,7-10,17-18H2,1-6H3,(H,45,47)(H,46,48)(H,49,55)(H,50,56)/t25-,34+,35+,36+,37+/m1/s1. The quantitative estimate of drug-likeness (QED) is 0.114. The van der Waals surface area contributed by atoms with Gasteiger partial charge in [-0.3, -0.25) is 14.6 Å². The highest BCUT2D eigenvalue weighted by Gasteiger charge is 2.39. The molecule has 2 aromatic carbocycles. The van der Waals surface area contributed by atoms with Crippen LogP contribution in [0.25, 0.3) is 44.5 Å². The van der Waals surface area contributed by atoms with Crippen molar-refractivity contribution in [1.82, 2.24) is 45.4 Å². The third kappa shape index (κ3) is 8.63. The lowest BCUT2D eigenvalue weighted by molar-refractivity contribution is -0.137. The maximum Gasteiger partial charge on any atom is 0.407 e. The Bertz CT molecular complexity index is 2310. The first-order valence-electron chi connectivity index (χ1n) is 19.9. The van der Waals surface area contributed by atoms with Crippen LogP contribution in [0.15, 0.2) is 67.1 Å². The number of carbonyl (C=O) groups excluding carboxylic acids is 4. The maximum atomic E-state index is 13.7. The maximum absolute atomic E-state index is 13.7. The number of likely N-dealkylation sites (tertiary alicyclic amines) is 2. The Balaban J connectivity index is 1.03. The SMILES string of the molecule is COC(=O)N[C@H](C(=O)N1CCC[C@H]1c1ncc(-c2ccc(-c3ccc4cc(-c5cnc([C@@H]6CCCN6C(=O)[C@@H](NC(=O)OC)[C@@H](C)OC)[nH]5)ccc4c3)nc2)[nH]1)C(C)C. The molecule has 0 spiro atoms. The van der Waals surface area contributed by atoms with Crippen LogP contribution in [0.4, 0.5) is 9.59 Å². The van der Waals surface area contributed by atoms with E-state index in [9.17, 15) is 19.2 Å². The molecule has 0 radical (unpaired) electrons. The number of imidazole rings is 2. The Morgan fingerprint density at radius 2 is 1.17 bits per heavy atom. The number of pyridine rings is 1. The predicted molar refractivity (Wildman–Crippen MR) is 220 cm³/mol. The van der Waals surface area contributed by atoms with E-state index in [2.05, 4.69) is 54.8 Å². The largest absolute Gasteiger partial charge is 0.453 e. The minimum absolute atomic E-state index is 0.115. The molecule has 2 aliphatic rings. The molecule has 3 aromatic heterocycles. The molecule has 5 heterocycles. The number of ether oxygens (including phenoxy) is 3. The van der Waals surface area contributed by atoms with Crippen LogP contribution in [-0.4, -0.2) is 111 Å². The van der Waals surface area contributed by atoms with Crippen molar-refractivity contribution in [2.75, 3.05) is 34.4 Å². The van der Waals surface area contributed by atoms with Gasteiger partial charge in [0.2, 0.25) is 11.8 Å². The van der Waals surface area contributed by atoms with Crippen molar-refractivity contribution in [3.05, 3.63) is 78.8 Å². The Morgan fingerprint density at radius 1 is 0.661 bits per heavy atom. The van der Waals surface area contributed by atoms with Crippen LogP contribution in [0.5, 0.6) is 0 Å². The fraction of sp³-hybridized carbons (Fsp3) is 0.419. The summed E-state index contributed by atoms with van der Waals surface area (Å²) in [7, 11) is 4.04. The number of H-pyrrole nitrogens is 2. The average Bonchev–Trinajstić information content (AvgIpc) is 4.10. The summed E-state index contributed by atoms with van der Waals surface area (Å²) < 4.78 is 14.9. The van der Waals surface area contributed by atoms with Crippen LogP contribution in [0.3, 0.4) is 0 Å². The van der Waals surface area contributed by atoms with Crippen LogP contribution in [0, 0.1) is 5.92 Å². The van der Waals surface area contributed by atoms with Gasteiger partial charge in [0, 0.05) is 43.1 Å². The van der Waals surface area contributed by atoms with Gasteiger partial charge >= 0.3 is 12.2 Å². The Hall–Kier alpha value is -6.29. The number of hydrogen-bond acceptors (Lipinski definition) is 10. The van der Waals surface area contributed by atoms with Crippen LogP contribution in [0.2, 0.25) is 0 Å². The van der Waals surface area contributed by atoms with Crippen molar-refractivity contribution in [2.45, 2.75) is 76.7 Å². The fourth-order valence-electron chi connectivity index (χ4n) is 7.99. The van der Waals surface area contributed by atoms with Crippen molar-refractivity contribution in [1.29, 1.82) is 0 Å². The molecule has 0 aliphatic carbocycles. The summed E-state index contributed by atoms with van der Waals surface area (Å²) in [6.07, 6.45) is 6.63. The topological polar surface area (TPSA) is 197 Å². The van der Waals surface area contributed by atoms with Crippen LogP contribution in [0.1, 0.15) is 70.2 Å². The van der Waals surface area contributed by atoms with Gasteiger partial charge in [-0.2, -0.15) is 0 Å². The molecule has 4 amide bonds. The second-order valence-electron chi connectivity index (χ2n) is 15.4. The molecule has 59 heavy (non-hydrogen) atoms. The number of fused-ring (bicyclic) bond motifs is 1. The molecule has 2 aliphatic heterocycles. The zero-order valence-corrected chi connectivity index (χ0v) is 34.2. The molecule has 5 aromatic rings. The number of methoxy groups -OCH3 is 3. The Morgan fingerprint density at radius 3 is 1.69 bits per heavy atom. The summed E-state index contributed by atoms with van der Waals surface area (Å²) in [4.78, 5) is 75.7. The summed E-state index contributed by atoms with van der Waals surface area (Å²) in [6, 6.07) is 14.3. The minimum atomic E-state index is -0.901. The number of hydrogen-bond donors (Lipinski definition) is 4. The Labute approximate surface area is 342 Å². The van der Waals surface area contributed by atoms with E-state index in [4.69, 9.17) is 19.2 Å². The molecule has 0 bridgehead atoms. The molecule has 2 saturated heterocycles. The van der Waals surface area contributed by atoms with E-state index in [1.165, 1.54) is 21.3 Å². The second-order valence-corrected chi connectivity index (χ2v) is 15.4. The van der Waals surface area contributed by atoms with Crippen molar-refractivity contribution in [3.63, 3.8) is 0 Å². The highest BCUT2D eigenvalue weighted by Crippen LogP contribution is 2.35. The van der Waals surface area contributed by atoms with Gasteiger partial charge in [-0.05, 0) is 73.6 Å². The lowest BCUT2D eigenvalue weighted by Crippen LogP contribution is -2.54. The smallest absolute Gasteiger partial charge is 0.407 e. The highest BCUT2D eigenvalue weighted by atomic mass is 16.5. The number of carbonyl (C=O) groups is 4. The lowest BCUT2D eigenvalue weighted by Gasteiger charge is -2.30. The third-order valence-corrected chi connectivity index (χ3v) is 11.4. The molecular formula is C43H51N9O7. The summed E-state index contributed by atoms with van der Waals surface area (Å²) in [5.74, 6) is 0.863. The van der Waals surface area contributed by atoms with Crippen LogP contribution in [-0.2, 0) is 23.8 Å². The molecule has 16 nitrogen and oxygen atoms in total. The summed E-state index contributed by atoms with van der Waals surface area (Å²) in [6.45, 7) is 6.64. The van der Waals surface area contributed by atoms with E-state index < -0.39 is 30.4 Å². The predicted octanol–water partition coefficient (Wildman–Crippen LogP) is 6.15. The van der Waals surface area contributed by atoms with E-state index in [1.807, 2.05) is 44.3 Å². The summed E-state index contributed by atoms with van der Waals surface area (Å²) in [5, 5.41) is 7.41. The number of nitrogens with one attached hydrogen (secondary N) is 4. The minimum Gasteiger partial charge on any atom is -0.453 e. The molecule has 0 saturated carbocycles. The van der Waals surface area contributed by atoms with Gasteiger partial charge in [0.05, 0.1) is 61.9 Å². The number of aromatic nitrogens is 5. The fourth-order valence-corrected chi connectivity index (χ4v) is 7.99. The molecular weight excluding hydrogens is 755 g/mol. The number of nitrogens with zero attached hydrogens (tertiary/aromatic N) is 5. The molecule has 4 N–H and O–H groups in total. The highest BCUT2D eigenvalue weighted by molar-refractivity contribution is 5.90. The van der Waals surface area contributed by atoms with E-state index in [1.54, 1.807) is 29.1 Å². The first-order chi connectivity index (χ1) is 28.5. The second kappa shape index (κ2) is 17.7. The molecule has 0 unspecified atom stereocenters. The van der Waals surface area contributed by atoms with Gasteiger partial charge in [0.25, 0.3) is 0 Å². The van der Waals surface area contributed by atoms with E-state index in [0.29, 0.717) is 24.7 Å². The van der Waals surface area contributed by atoms with E-state index in [-0.39, 0.29) is 29.8 Å². The van der Waals surface area contributed by atoms with Crippen LogP contribution >= 0.6 is 0 Å². The summed E-state index contributed by atoms with van der Waals surface area (Å²) >= 11 is 0. The molecule has 7 rings (SSSR count). The van der Waals surface area contributed by atoms with Gasteiger partial charge in [-0.25, -0.2) is 19.6 Å². The number of benzene rings is 2. The number of alkyl carbamates (subject to hydrolysis) is 2. The van der Waals surface area contributed by atoms with Gasteiger partial charge in [0.15, 0.2) is 0 Å². The summed E-state index contributed by atoms with van der Waals surface area (Å²) in [5.41, 5.74) is 5.26. The first-order valence-corrected chi connectivity index (χ1v) is 19.9. The number of aromatic amines is 2. The zero-order chi connectivity index (χ0) is 41.8. The van der Waals surface area contributed by atoms with Crippen molar-refractivity contribution < 1.29 is 33.4 Å². The zero-order valence-electron chi connectivity index (χ0n) is 34.2. The van der Waals surface area contributed by atoms with Crippen molar-refractivity contribution in [2.24, 2.45) is 5.92 Å². The molecule has 16 heteroatoms. The van der Waals surface area contributed by atoms with Crippen LogP contribution < -0.4 is 10.6 Å². The normalized spacial score (nSPS) is 18.2. The average molecular weight is 806 g/mol. The van der Waals surface area contributed by atoms with Gasteiger partial charge < -0.3 is 44.6 Å². The van der Waals surface area contributed by atoms with Crippen molar-refractivity contribution in [3.8, 4) is 33.8 Å². The van der Waals surface area contributed by atoms with Gasteiger partial charge in [0.1, 0.15) is 23.7 Å². The lowest BCUT2D eigenvalue weighted by atomic mass is 10.0. The van der Waals surface area contributed by atoms with E-state index >= 15 is 0 Å². The Kier molecular flexibility index (Phi) is 12.3. The third-order valence-electron chi connectivity index (χ3n) is 11.4. The molecule has 310 valence electrons. The molecule has 5 atom stereocenters. The number of rotatable bonds is 12. The van der Waals surface area contributed by atoms with Gasteiger partial charge in [-0.1, -0.05) is 38.1 Å². The van der Waals surface area contributed by atoms with Crippen molar-refractivity contribution >= 4 is 34.8 Å². The van der Waals surface area contributed by atoms with Gasteiger partial charge in [-0.15, -0.1) is 0 Å². The molecule has 2 fully saturated rings. The van der Waals surface area contributed by atoms with E-state index in [0.717, 1.165) is 70.2 Å². The number of amides is 4. The monoisotopic (exact) mass is 805 g/mol.